The molecule has 2 rings (SSSR count). The minimum atomic E-state index is -0.430. The zero-order valence-corrected chi connectivity index (χ0v) is 12.0. The van der Waals surface area contributed by atoms with Crippen LogP contribution in [0.3, 0.4) is 0 Å². The molecule has 1 aromatic rings. The van der Waals surface area contributed by atoms with Crippen molar-refractivity contribution in [2.45, 2.75) is 12.8 Å². The summed E-state index contributed by atoms with van der Waals surface area (Å²) in [4.78, 5) is 15.8. The van der Waals surface area contributed by atoms with Gasteiger partial charge in [-0.25, -0.2) is 9.78 Å². The molecule has 0 radical (unpaired) electrons. The van der Waals surface area contributed by atoms with E-state index >= 15 is 0 Å². The van der Waals surface area contributed by atoms with E-state index in [2.05, 4.69) is 20.9 Å². The fourth-order valence-electron chi connectivity index (χ4n) is 1.75. The number of pyridine rings is 1. The molecule has 0 aliphatic carbocycles. The summed E-state index contributed by atoms with van der Waals surface area (Å²) in [6.07, 6.45) is 3.40. The normalized spacial score (nSPS) is 16.6. The number of nitrogens with zero attached hydrogens (tertiary/aromatic N) is 1. The number of carbonyl (C=O) groups excluding carboxylic acids is 1. The first-order valence-corrected chi connectivity index (χ1v) is 6.90. The summed E-state index contributed by atoms with van der Waals surface area (Å²) in [7, 11) is 0. The van der Waals surface area contributed by atoms with Crippen molar-refractivity contribution in [1.82, 2.24) is 4.98 Å². The van der Waals surface area contributed by atoms with E-state index in [1.807, 2.05) is 0 Å². The highest BCUT2D eigenvalue weighted by Gasteiger charge is 2.18. The van der Waals surface area contributed by atoms with Gasteiger partial charge in [0.2, 0.25) is 0 Å². The number of hydrogen-bond acceptors (Lipinski definition) is 4. The van der Waals surface area contributed by atoms with Gasteiger partial charge in [-0.3, -0.25) is 0 Å². The van der Waals surface area contributed by atoms with E-state index in [0.29, 0.717) is 17.0 Å². The molecule has 1 fully saturated rings. The molecule has 0 N–H and O–H groups in total. The summed E-state index contributed by atoms with van der Waals surface area (Å²) in [6.45, 7) is 1.88. The third-order valence-corrected chi connectivity index (χ3v) is 3.55. The van der Waals surface area contributed by atoms with E-state index in [1.54, 1.807) is 6.07 Å². The Balaban J connectivity index is 1.92. The first kappa shape index (κ1) is 13.8. The Hall–Kier alpha value is -0.650. The van der Waals surface area contributed by atoms with E-state index < -0.39 is 5.97 Å². The van der Waals surface area contributed by atoms with Crippen LogP contribution in [0, 0.1) is 5.92 Å². The van der Waals surface area contributed by atoms with Crippen molar-refractivity contribution < 1.29 is 14.3 Å². The number of carbonyl (C=O) groups is 1. The third kappa shape index (κ3) is 3.67. The van der Waals surface area contributed by atoms with Gasteiger partial charge in [-0.1, -0.05) is 11.6 Å². The van der Waals surface area contributed by atoms with Crippen LogP contribution in [0.15, 0.2) is 16.7 Å². The molecule has 18 heavy (non-hydrogen) atoms. The average Bonchev–Trinajstić information content (AvgIpc) is 2.40. The summed E-state index contributed by atoms with van der Waals surface area (Å²) in [5.41, 5.74) is 0.290. The van der Waals surface area contributed by atoms with Crippen LogP contribution in [-0.2, 0) is 9.47 Å². The molecule has 2 heterocycles. The molecular formula is C12H13BrClNO3. The molecule has 6 heteroatoms. The number of halogens is 2. The van der Waals surface area contributed by atoms with Gasteiger partial charge < -0.3 is 9.47 Å². The summed E-state index contributed by atoms with van der Waals surface area (Å²) < 4.78 is 11.2. The summed E-state index contributed by atoms with van der Waals surface area (Å²) in [5, 5.41) is 0.162. The largest absolute Gasteiger partial charge is 0.462 e. The highest BCUT2D eigenvalue weighted by molar-refractivity contribution is 9.10. The fraction of sp³-hybridized carbons (Fsp3) is 0.500. The third-order valence-electron chi connectivity index (χ3n) is 2.82. The Morgan fingerprint density at radius 2 is 2.28 bits per heavy atom. The molecule has 0 saturated carbocycles. The predicted molar refractivity (Wildman–Crippen MR) is 70.8 cm³/mol. The number of hydrogen-bond donors (Lipinski definition) is 0. The second-order valence-electron chi connectivity index (χ2n) is 4.15. The number of aromatic nitrogens is 1. The van der Waals surface area contributed by atoms with Gasteiger partial charge in [0.1, 0.15) is 5.15 Å². The maximum Gasteiger partial charge on any atom is 0.341 e. The number of rotatable bonds is 3. The zero-order valence-electron chi connectivity index (χ0n) is 9.70. The van der Waals surface area contributed by atoms with Crippen LogP contribution in [0.2, 0.25) is 5.15 Å². The molecule has 0 unspecified atom stereocenters. The van der Waals surface area contributed by atoms with Gasteiger partial charge in [-0.05, 0) is 40.8 Å². The maximum atomic E-state index is 11.9. The lowest BCUT2D eigenvalue weighted by molar-refractivity contribution is 0.0185. The van der Waals surface area contributed by atoms with Gasteiger partial charge in [-0.2, -0.15) is 0 Å². The molecule has 0 spiro atoms. The molecule has 0 aromatic carbocycles. The van der Waals surface area contributed by atoms with Gasteiger partial charge in [0.05, 0.1) is 12.2 Å². The van der Waals surface area contributed by atoms with Crippen molar-refractivity contribution in [1.29, 1.82) is 0 Å². The molecule has 1 saturated heterocycles. The second kappa shape index (κ2) is 6.50. The summed E-state index contributed by atoms with van der Waals surface area (Å²) in [6, 6.07) is 1.61. The van der Waals surface area contributed by atoms with E-state index in [4.69, 9.17) is 21.1 Å². The number of esters is 1. The fourth-order valence-corrected chi connectivity index (χ4v) is 2.26. The molecule has 4 nitrogen and oxygen atoms in total. The molecule has 0 amide bonds. The Morgan fingerprint density at radius 1 is 1.56 bits per heavy atom. The smallest absolute Gasteiger partial charge is 0.341 e. The molecule has 1 aliphatic heterocycles. The highest BCUT2D eigenvalue weighted by atomic mass is 79.9. The van der Waals surface area contributed by atoms with Crippen molar-refractivity contribution in [3.05, 3.63) is 27.5 Å². The van der Waals surface area contributed by atoms with E-state index in [0.717, 1.165) is 26.1 Å². The van der Waals surface area contributed by atoms with Crippen LogP contribution < -0.4 is 0 Å². The predicted octanol–water partition coefficient (Wildman–Crippen LogP) is 3.08. The van der Waals surface area contributed by atoms with Crippen molar-refractivity contribution in [3.63, 3.8) is 0 Å². The van der Waals surface area contributed by atoms with E-state index in [1.165, 1.54) is 6.20 Å². The molecule has 0 atom stereocenters. The lowest BCUT2D eigenvalue weighted by Crippen LogP contribution is -2.22. The van der Waals surface area contributed by atoms with Crippen LogP contribution in [0.4, 0.5) is 0 Å². The minimum Gasteiger partial charge on any atom is -0.462 e. The summed E-state index contributed by atoms with van der Waals surface area (Å²) >= 11 is 9.11. The summed E-state index contributed by atoms with van der Waals surface area (Å²) in [5.74, 6) is -0.0538. The average molecular weight is 335 g/mol. The standard InChI is InChI=1S/C12H13BrClNO3/c13-9-5-10(11(14)15-6-9)12(16)18-7-8-1-3-17-4-2-8/h5-6,8H,1-4,7H2. The quantitative estimate of drug-likeness (QED) is 0.629. The van der Waals surface area contributed by atoms with Crippen LogP contribution in [0.1, 0.15) is 23.2 Å². The van der Waals surface area contributed by atoms with Gasteiger partial charge in [0, 0.05) is 23.9 Å². The maximum absolute atomic E-state index is 11.9. The second-order valence-corrected chi connectivity index (χ2v) is 5.42. The van der Waals surface area contributed by atoms with Gasteiger partial charge in [0.15, 0.2) is 0 Å². The lowest BCUT2D eigenvalue weighted by Gasteiger charge is -2.21. The van der Waals surface area contributed by atoms with Gasteiger partial charge in [-0.15, -0.1) is 0 Å². The van der Waals surface area contributed by atoms with Crippen LogP contribution in [0.25, 0.3) is 0 Å². The van der Waals surface area contributed by atoms with Gasteiger partial charge in [0.25, 0.3) is 0 Å². The van der Waals surface area contributed by atoms with Crippen LogP contribution in [-0.4, -0.2) is 30.8 Å². The molecule has 0 bridgehead atoms. The Bertz CT molecular complexity index is 435. The molecule has 98 valence electrons. The van der Waals surface area contributed by atoms with E-state index in [-0.39, 0.29) is 10.7 Å². The Kier molecular flexibility index (Phi) is 4.97. The van der Waals surface area contributed by atoms with Crippen molar-refractivity contribution in [3.8, 4) is 0 Å². The first-order valence-electron chi connectivity index (χ1n) is 5.72. The van der Waals surface area contributed by atoms with Crippen LogP contribution >= 0.6 is 27.5 Å². The van der Waals surface area contributed by atoms with Crippen LogP contribution in [0.5, 0.6) is 0 Å². The SMILES string of the molecule is O=C(OCC1CCOCC1)c1cc(Br)cnc1Cl. The Morgan fingerprint density at radius 3 is 3.00 bits per heavy atom. The van der Waals surface area contributed by atoms with Crippen molar-refractivity contribution in [2.75, 3.05) is 19.8 Å². The number of ether oxygens (including phenoxy) is 2. The van der Waals surface area contributed by atoms with Crippen molar-refractivity contribution in [2.24, 2.45) is 5.92 Å². The highest BCUT2D eigenvalue weighted by Crippen LogP contribution is 2.20. The molecular weight excluding hydrogens is 321 g/mol. The lowest BCUT2D eigenvalue weighted by atomic mass is 10.0. The van der Waals surface area contributed by atoms with Crippen molar-refractivity contribution >= 4 is 33.5 Å². The monoisotopic (exact) mass is 333 g/mol. The minimum absolute atomic E-state index is 0.162. The zero-order chi connectivity index (χ0) is 13.0. The topological polar surface area (TPSA) is 48.4 Å². The van der Waals surface area contributed by atoms with E-state index in [9.17, 15) is 4.79 Å². The molecule has 1 aromatic heterocycles. The van der Waals surface area contributed by atoms with Gasteiger partial charge >= 0.3 is 5.97 Å². The molecule has 1 aliphatic rings. The first-order chi connectivity index (χ1) is 8.66. The Labute approximate surface area is 119 Å².